The van der Waals surface area contributed by atoms with Crippen LogP contribution in [0.5, 0.6) is 0 Å². The fourth-order valence-corrected chi connectivity index (χ4v) is 2.77. The maximum atomic E-state index is 4.40. The minimum atomic E-state index is 0.910. The zero-order chi connectivity index (χ0) is 16.2. The maximum Gasteiger partial charge on any atom is 0.138 e. The number of aromatic nitrogens is 2. The van der Waals surface area contributed by atoms with Crippen LogP contribution < -0.4 is 16.2 Å². The average molecular weight is 301 g/mol. The molecule has 3 nitrogen and oxygen atoms in total. The second-order valence-electron chi connectivity index (χ2n) is 6.19. The summed E-state index contributed by atoms with van der Waals surface area (Å²) >= 11 is 0. The van der Waals surface area contributed by atoms with Crippen LogP contribution in [0, 0.1) is 6.92 Å². The summed E-state index contributed by atoms with van der Waals surface area (Å²) in [5.41, 5.74) is 6.34. The van der Waals surface area contributed by atoms with Crippen molar-refractivity contribution in [3.8, 4) is 0 Å². The van der Waals surface area contributed by atoms with E-state index in [1.807, 2.05) is 6.07 Å². The number of nitrogens with zero attached hydrogens (tertiary/aromatic N) is 2. The largest absolute Gasteiger partial charge is 0.369 e. The molecule has 1 aromatic heterocycles. The third kappa shape index (κ3) is 3.73. The summed E-state index contributed by atoms with van der Waals surface area (Å²) in [6.07, 6.45) is 3.79. The van der Waals surface area contributed by atoms with Gasteiger partial charge in [0.15, 0.2) is 0 Å². The molecule has 5 heteroatoms. The number of rotatable bonds is 5. The number of hydrogen-bond donors (Lipinski definition) is 1. The third-order valence-corrected chi connectivity index (χ3v) is 4.30. The molecule has 0 unspecified atom stereocenters. The molecule has 3 rings (SSSR count). The van der Waals surface area contributed by atoms with E-state index in [2.05, 4.69) is 68.2 Å². The third-order valence-electron chi connectivity index (χ3n) is 4.30. The number of benzene rings is 2. The monoisotopic (exact) mass is 301 g/mol. The Bertz CT molecular complexity index is 834. The Morgan fingerprint density at radius 1 is 1.00 bits per heavy atom. The van der Waals surface area contributed by atoms with Crippen molar-refractivity contribution in [1.82, 2.24) is 9.97 Å². The van der Waals surface area contributed by atoms with Crippen molar-refractivity contribution in [2.45, 2.75) is 19.8 Å². The van der Waals surface area contributed by atoms with E-state index in [1.54, 1.807) is 6.33 Å². The summed E-state index contributed by atoms with van der Waals surface area (Å²) in [5.74, 6) is 0.929. The van der Waals surface area contributed by atoms with E-state index in [9.17, 15) is 0 Å². The van der Waals surface area contributed by atoms with E-state index in [-0.39, 0.29) is 0 Å². The lowest BCUT2D eigenvalue weighted by atomic mass is 9.79. The number of hydrogen-bond acceptors (Lipinski definition) is 3. The van der Waals surface area contributed by atoms with E-state index in [0.717, 1.165) is 36.1 Å². The first-order valence-electron chi connectivity index (χ1n) is 8.15. The topological polar surface area (TPSA) is 37.8 Å². The van der Waals surface area contributed by atoms with Crippen LogP contribution in [-0.2, 0) is 6.42 Å². The van der Waals surface area contributed by atoms with Crippen molar-refractivity contribution < 1.29 is 0 Å². The molecule has 0 aliphatic rings. The van der Waals surface area contributed by atoms with Crippen LogP contribution in [0.1, 0.15) is 17.5 Å². The van der Waals surface area contributed by atoms with Gasteiger partial charge in [-0.25, -0.2) is 9.97 Å². The van der Waals surface area contributed by atoms with Crippen LogP contribution in [0.15, 0.2) is 42.7 Å². The molecule has 0 fully saturated rings. The molecule has 0 aliphatic heterocycles. The summed E-state index contributed by atoms with van der Waals surface area (Å²) in [4.78, 5) is 8.72. The van der Waals surface area contributed by atoms with E-state index in [1.165, 1.54) is 22.1 Å². The summed E-state index contributed by atoms with van der Waals surface area (Å²) in [5, 5.41) is 4.56. The minimum Gasteiger partial charge on any atom is -0.369 e. The van der Waals surface area contributed by atoms with Gasteiger partial charge in [0.2, 0.25) is 0 Å². The zero-order valence-electron chi connectivity index (χ0n) is 14.1. The molecule has 0 amide bonds. The molecule has 114 valence electrons. The molecule has 0 saturated carbocycles. The van der Waals surface area contributed by atoms with Crippen molar-refractivity contribution in [3.05, 3.63) is 53.9 Å². The van der Waals surface area contributed by atoms with Gasteiger partial charge in [0, 0.05) is 11.9 Å². The Kier molecular flexibility index (Phi) is 4.65. The highest BCUT2D eigenvalue weighted by Crippen LogP contribution is 2.20. The number of nitrogens with one attached hydrogen (secondary N) is 1. The molecule has 0 spiro atoms. The molecule has 1 heterocycles. The highest BCUT2D eigenvalue weighted by atomic mass is 15.0. The van der Waals surface area contributed by atoms with Gasteiger partial charge >= 0.3 is 0 Å². The molecule has 0 aliphatic carbocycles. The summed E-state index contributed by atoms with van der Waals surface area (Å²) in [6.45, 7) is 3.00. The van der Waals surface area contributed by atoms with Crippen molar-refractivity contribution in [2.24, 2.45) is 0 Å². The van der Waals surface area contributed by atoms with Crippen LogP contribution in [-0.4, -0.2) is 32.2 Å². The standard InChI is InChI=1S/C18H21B2N3/c1-12-4-7-17-14(9-12)18(23-11-22-17)21-8-2-3-13-5-6-15(19)16(20)10-13/h4-7,9-11H,2-3,8,19-20H2,1H3,(H,21,22,23). The molecular formula is C18H21B2N3. The predicted molar refractivity (Wildman–Crippen MR) is 104 cm³/mol. The summed E-state index contributed by atoms with van der Waals surface area (Å²) < 4.78 is 0. The van der Waals surface area contributed by atoms with Gasteiger partial charge in [-0.15, -0.1) is 0 Å². The Hall–Kier alpha value is -2.29. The van der Waals surface area contributed by atoms with Gasteiger partial charge in [-0.2, -0.15) is 0 Å². The molecule has 23 heavy (non-hydrogen) atoms. The summed E-state index contributed by atoms with van der Waals surface area (Å²) in [6, 6.07) is 13.0. The molecule has 0 saturated heterocycles. The Morgan fingerprint density at radius 2 is 1.87 bits per heavy atom. The number of fused-ring (bicyclic) bond motifs is 1. The average Bonchev–Trinajstić information content (AvgIpc) is 2.55. The summed E-state index contributed by atoms with van der Waals surface area (Å²) in [7, 11) is 4.33. The van der Waals surface area contributed by atoms with Gasteiger partial charge in [-0.1, -0.05) is 40.8 Å². The Balaban J connectivity index is 1.62. The molecule has 0 atom stereocenters. The number of aryl methyl sites for hydroxylation is 2. The zero-order valence-corrected chi connectivity index (χ0v) is 14.1. The van der Waals surface area contributed by atoms with Gasteiger partial charge in [0.05, 0.1) is 5.52 Å². The first-order chi connectivity index (χ1) is 11.1. The smallest absolute Gasteiger partial charge is 0.138 e. The SMILES string of the molecule is Bc1ccc(CCCNc2ncnc3ccc(C)cc23)cc1B. The van der Waals surface area contributed by atoms with E-state index < -0.39 is 0 Å². The predicted octanol–water partition coefficient (Wildman–Crippen LogP) is 0.500. The highest BCUT2D eigenvalue weighted by Gasteiger charge is 2.03. The van der Waals surface area contributed by atoms with Gasteiger partial charge in [0.1, 0.15) is 27.8 Å². The molecule has 0 radical (unpaired) electrons. The minimum absolute atomic E-state index is 0.910. The molecule has 0 bridgehead atoms. The molecular weight excluding hydrogens is 280 g/mol. The van der Waals surface area contributed by atoms with Crippen molar-refractivity contribution in [1.29, 1.82) is 0 Å². The Morgan fingerprint density at radius 3 is 2.70 bits per heavy atom. The fraction of sp³-hybridized carbons (Fsp3) is 0.222. The number of anilines is 1. The van der Waals surface area contributed by atoms with Crippen LogP contribution in [0.4, 0.5) is 5.82 Å². The van der Waals surface area contributed by atoms with Gasteiger partial charge in [-0.05, 0) is 37.5 Å². The molecule has 2 aromatic carbocycles. The second-order valence-corrected chi connectivity index (χ2v) is 6.19. The maximum absolute atomic E-state index is 4.40. The lowest BCUT2D eigenvalue weighted by molar-refractivity contribution is 0.860. The van der Waals surface area contributed by atoms with Gasteiger partial charge in [-0.3, -0.25) is 0 Å². The van der Waals surface area contributed by atoms with Crippen LogP contribution >= 0.6 is 0 Å². The van der Waals surface area contributed by atoms with E-state index in [4.69, 9.17) is 0 Å². The fourth-order valence-electron chi connectivity index (χ4n) is 2.77. The first kappa shape index (κ1) is 15.6. The van der Waals surface area contributed by atoms with Gasteiger partial charge < -0.3 is 5.32 Å². The normalized spacial score (nSPS) is 10.8. The van der Waals surface area contributed by atoms with Crippen molar-refractivity contribution in [2.75, 3.05) is 11.9 Å². The van der Waals surface area contributed by atoms with E-state index >= 15 is 0 Å². The lowest BCUT2D eigenvalue weighted by Gasteiger charge is -2.09. The van der Waals surface area contributed by atoms with Crippen molar-refractivity contribution >= 4 is 43.3 Å². The highest BCUT2D eigenvalue weighted by molar-refractivity contribution is 6.48. The quantitative estimate of drug-likeness (QED) is 0.551. The Labute approximate surface area is 139 Å². The molecule has 1 N–H and O–H groups in total. The van der Waals surface area contributed by atoms with E-state index in [0.29, 0.717) is 0 Å². The molecule has 3 aromatic rings. The first-order valence-corrected chi connectivity index (χ1v) is 8.15. The van der Waals surface area contributed by atoms with Crippen LogP contribution in [0.2, 0.25) is 0 Å². The second kappa shape index (κ2) is 6.86. The van der Waals surface area contributed by atoms with Crippen LogP contribution in [0.25, 0.3) is 10.9 Å². The lowest BCUT2D eigenvalue weighted by Crippen LogP contribution is -2.25. The van der Waals surface area contributed by atoms with Crippen LogP contribution in [0.3, 0.4) is 0 Å². The van der Waals surface area contributed by atoms with Crippen molar-refractivity contribution in [3.63, 3.8) is 0 Å². The van der Waals surface area contributed by atoms with Gasteiger partial charge in [0.25, 0.3) is 0 Å².